The molecule has 2 N–H and O–H groups in total. The van der Waals surface area contributed by atoms with Crippen LogP contribution in [0.15, 0.2) is 119 Å². The molecule has 7 aromatic rings. The Kier molecular flexibility index (Phi) is 11.3. The zero-order valence-corrected chi connectivity index (χ0v) is 38.6. The molecule has 0 spiro atoms. The van der Waals surface area contributed by atoms with Crippen molar-refractivity contribution >= 4 is 55.5 Å². The Hall–Kier alpha value is -7.20. The van der Waals surface area contributed by atoms with Crippen molar-refractivity contribution < 1.29 is 9.13 Å². The molecule has 0 radical (unpaired) electrons. The van der Waals surface area contributed by atoms with Gasteiger partial charge in [-0.2, -0.15) is 0 Å². The van der Waals surface area contributed by atoms with E-state index >= 15 is 0 Å². The third-order valence-corrected chi connectivity index (χ3v) is 13.0. The van der Waals surface area contributed by atoms with Gasteiger partial charge < -0.3 is 38.7 Å². The minimum absolute atomic E-state index is 0.884. The third kappa shape index (κ3) is 7.36. The van der Waals surface area contributed by atoms with Gasteiger partial charge in [0, 0.05) is 127 Å². The number of hydrogen-bond acceptors (Lipinski definition) is 2. The number of fused-ring (bicyclic) bond motifs is 20. The van der Waals surface area contributed by atoms with E-state index in [0.717, 1.165) is 118 Å². The number of hydrogen-bond donors (Lipinski definition) is 2. The molecule has 8 bridgehead atoms. The highest BCUT2D eigenvalue weighted by Crippen LogP contribution is 2.40. The van der Waals surface area contributed by atoms with E-state index in [1.807, 2.05) is 42.3 Å². The highest BCUT2D eigenvalue weighted by molar-refractivity contribution is 6.11. The first-order chi connectivity index (χ1) is 31.0. The molecule has 3 aromatic heterocycles. The van der Waals surface area contributed by atoms with Crippen LogP contribution in [-0.2, 0) is 12.8 Å². The second kappa shape index (κ2) is 17.2. The Labute approximate surface area is 377 Å². The van der Waals surface area contributed by atoms with Crippen LogP contribution in [0.3, 0.4) is 0 Å². The van der Waals surface area contributed by atoms with Crippen LogP contribution in [0.2, 0.25) is 0 Å². The summed E-state index contributed by atoms with van der Waals surface area (Å²) in [6.07, 6.45) is 3.77. The molecule has 0 atom stereocenters. The molecule has 2 aliphatic rings. The van der Waals surface area contributed by atoms with Crippen molar-refractivity contribution in [1.29, 1.82) is 0 Å². The Morgan fingerprint density at radius 2 is 0.828 bits per heavy atom. The smallest absolute Gasteiger partial charge is 0.195 e. The number of aromatic nitrogens is 4. The molecule has 2 aliphatic heterocycles. The standard InChI is InChI=1S/C54H60N10/c1-55-53(59(3)4)61(7)29-17-21-35-19-15-27-41-43-31-47-38-24-12-14-26-40(38)50(64(47)10)34-46-52-36(22-18-30-62(8)54(56-2)60(5)6)20-16-28-42(52)44(58-46)32-48-37-23-11-13-25-39(37)49(63(48)9)33-45(57-43)51(35)41/h11-16,19-20,23-28,31-34,57-58H,9-10,17-18,21-22,29-30H2,1-8H3. The molecule has 10 heteroatoms. The second-order valence-electron chi connectivity index (χ2n) is 17.5. The Morgan fingerprint density at radius 1 is 0.484 bits per heavy atom. The van der Waals surface area contributed by atoms with Gasteiger partial charge in [0.05, 0.1) is 0 Å². The summed E-state index contributed by atoms with van der Waals surface area (Å²) in [6, 6.07) is 40.0. The molecule has 4 aromatic carbocycles. The molecule has 0 amide bonds. The number of H-pyrrole nitrogens is 2. The van der Waals surface area contributed by atoms with E-state index in [-0.39, 0.29) is 0 Å². The summed E-state index contributed by atoms with van der Waals surface area (Å²) in [4.78, 5) is 25.6. The molecule has 0 saturated carbocycles. The fourth-order valence-electron chi connectivity index (χ4n) is 10.2. The van der Waals surface area contributed by atoms with Crippen LogP contribution in [0.5, 0.6) is 0 Å². The lowest BCUT2D eigenvalue weighted by Gasteiger charge is -2.26. The van der Waals surface area contributed by atoms with Crippen LogP contribution >= 0.6 is 0 Å². The lowest BCUT2D eigenvalue weighted by molar-refractivity contribution is -0.585. The molecule has 9 rings (SSSR count). The zero-order chi connectivity index (χ0) is 44.8. The van der Waals surface area contributed by atoms with E-state index in [0.29, 0.717) is 0 Å². The maximum atomic E-state index is 4.75. The predicted molar refractivity (Wildman–Crippen MR) is 267 cm³/mol. The quantitative estimate of drug-likeness (QED) is 0.0693. The summed E-state index contributed by atoms with van der Waals surface area (Å²) >= 11 is 0. The average molecular weight is 849 g/mol. The monoisotopic (exact) mass is 849 g/mol. The van der Waals surface area contributed by atoms with Crippen LogP contribution in [-0.4, -0.2) is 111 Å². The number of nitrogens with zero attached hydrogens (tertiary/aromatic N) is 8. The molecule has 0 aliphatic carbocycles. The van der Waals surface area contributed by atoms with Gasteiger partial charge in [-0.25, -0.2) is 0 Å². The van der Waals surface area contributed by atoms with Crippen LogP contribution < -0.4 is 9.13 Å². The normalized spacial score (nSPS) is 12.4. The summed E-state index contributed by atoms with van der Waals surface area (Å²) in [5.74, 6) is 1.93. The van der Waals surface area contributed by atoms with Gasteiger partial charge in [-0.1, -0.05) is 84.9 Å². The van der Waals surface area contributed by atoms with Gasteiger partial charge in [0.15, 0.2) is 11.9 Å². The Balaban J connectivity index is 1.30. The van der Waals surface area contributed by atoms with Crippen molar-refractivity contribution in [1.82, 2.24) is 29.6 Å². The maximum Gasteiger partial charge on any atom is 0.195 e. The summed E-state index contributed by atoms with van der Waals surface area (Å²) in [7, 11) is 25.6. The first-order valence-corrected chi connectivity index (χ1v) is 22.2. The molecular weight excluding hydrogens is 789 g/mol. The lowest BCUT2D eigenvalue weighted by atomic mass is 10.00. The maximum absolute atomic E-state index is 4.75. The fraction of sp³-hybridized carbons (Fsp3) is 0.259. The number of guanidine groups is 2. The average Bonchev–Trinajstić information content (AvgIpc) is 3.97. The number of aryl methyl sites for hydroxylation is 2. The molecular formula is C54H60N10. The van der Waals surface area contributed by atoms with E-state index in [1.165, 1.54) is 32.7 Å². The molecule has 0 saturated heterocycles. The Bertz CT molecular complexity index is 2950. The van der Waals surface area contributed by atoms with Gasteiger partial charge in [-0.15, -0.1) is 0 Å². The molecule has 0 unspecified atom stereocenters. The lowest BCUT2D eigenvalue weighted by Crippen LogP contribution is -2.38. The first kappa shape index (κ1) is 42.1. The Morgan fingerprint density at radius 3 is 1.16 bits per heavy atom. The summed E-state index contributed by atoms with van der Waals surface area (Å²) in [6.45, 7) is 1.77. The topological polar surface area (TPSA) is 77.0 Å². The van der Waals surface area contributed by atoms with Crippen LogP contribution in [0.4, 0.5) is 0 Å². The highest BCUT2D eigenvalue weighted by Gasteiger charge is 2.24. The highest BCUT2D eigenvalue weighted by atomic mass is 15.3. The molecule has 326 valence electrons. The number of aliphatic imine (C=N–C) groups is 2. The minimum Gasteiger partial charge on any atom is -0.356 e. The van der Waals surface area contributed by atoms with E-state index in [1.54, 1.807) is 0 Å². The number of aromatic amines is 2. The van der Waals surface area contributed by atoms with Crippen molar-refractivity contribution in [3.05, 3.63) is 134 Å². The second-order valence-corrected chi connectivity index (χ2v) is 17.5. The van der Waals surface area contributed by atoms with Crippen LogP contribution in [0, 0.1) is 14.1 Å². The van der Waals surface area contributed by atoms with Crippen LogP contribution in [0.25, 0.3) is 88.6 Å². The van der Waals surface area contributed by atoms with Crippen LogP contribution in [0.1, 0.15) is 24.0 Å². The SMILES string of the molecule is [CH2-][n+]1c2cc3[nH]c(cc4[n+]([CH2-])c(cc5[nH]c(cc1-c1ccccc1-2)c1c(CCCN(C)C(=NC)N(C)C)cccc51)-c1ccccc1-4)c1c(CCCN(C)C(=NC)N(C)C)cccc31. The molecule has 10 nitrogen and oxygen atoms in total. The largest absolute Gasteiger partial charge is 0.356 e. The van der Waals surface area contributed by atoms with E-state index < -0.39 is 0 Å². The van der Waals surface area contributed by atoms with E-state index in [4.69, 9.17) is 14.1 Å². The summed E-state index contributed by atoms with van der Waals surface area (Å²) in [5.41, 5.74) is 15.6. The third-order valence-electron chi connectivity index (χ3n) is 13.0. The number of rotatable bonds is 8. The number of benzene rings is 4. The summed E-state index contributed by atoms with van der Waals surface area (Å²) in [5, 5.41) is 4.81. The first-order valence-electron chi connectivity index (χ1n) is 22.2. The van der Waals surface area contributed by atoms with Crippen molar-refractivity contribution in [3.8, 4) is 45.0 Å². The van der Waals surface area contributed by atoms with Crippen molar-refractivity contribution in [2.75, 3.05) is 69.5 Å². The van der Waals surface area contributed by atoms with Gasteiger partial charge in [0.25, 0.3) is 0 Å². The van der Waals surface area contributed by atoms with E-state index in [9.17, 15) is 0 Å². The van der Waals surface area contributed by atoms with Crippen molar-refractivity contribution in [2.24, 2.45) is 9.98 Å². The van der Waals surface area contributed by atoms with Gasteiger partial charge in [-0.05, 0) is 83.3 Å². The fourth-order valence-corrected chi connectivity index (χ4v) is 10.2. The number of nitrogens with one attached hydrogen (secondary N) is 2. The summed E-state index contributed by atoms with van der Waals surface area (Å²) < 4.78 is 4.23. The van der Waals surface area contributed by atoms with Gasteiger partial charge in [-0.3, -0.25) is 9.98 Å². The minimum atomic E-state index is 0.884. The molecule has 0 fully saturated rings. The van der Waals surface area contributed by atoms with Gasteiger partial charge in [0.1, 0.15) is 22.8 Å². The van der Waals surface area contributed by atoms with E-state index in [2.05, 4.69) is 172 Å². The predicted octanol–water partition coefficient (Wildman–Crippen LogP) is 9.18. The molecule has 5 heterocycles. The van der Waals surface area contributed by atoms with Crippen molar-refractivity contribution in [2.45, 2.75) is 25.7 Å². The van der Waals surface area contributed by atoms with Gasteiger partial charge >= 0.3 is 0 Å². The zero-order valence-electron chi connectivity index (χ0n) is 38.6. The van der Waals surface area contributed by atoms with Crippen molar-refractivity contribution in [3.63, 3.8) is 0 Å². The van der Waals surface area contributed by atoms with Gasteiger partial charge in [0.2, 0.25) is 0 Å². The molecule has 64 heavy (non-hydrogen) atoms.